The van der Waals surface area contributed by atoms with Crippen molar-refractivity contribution >= 4 is 6.03 Å². The van der Waals surface area contributed by atoms with E-state index in [1.165, 1.54) is 11.1 Å². The molecule has 2 amide bonds. The molecule has 2 atom stereocenters. The zero-order valence-corrected chi connectivity index (χ0v) is 12.8. The van der Waals surface area contributed by atoms with Crippen LogP contribution in [0.1, 0.15) is 30.4 Å². The minimum Gasteiger partial charge on any atom is -0.493 e. The summed E-state index contributed by atoms with van der Waals surface area (Å²) in [5.74, 6) is 1.20. The standard InChI is InChI=1S/C17H24N2O3/c20-15-3-1-2-14(15)11-19-17(21)18-8-6-12-4-5-16-13(10-12)7-9-22-16/h4-5,10,14-15,20H,1-3,6-9,11H2,(H2,18,19,21)/t14-,15+/m0/s1. The predicted octanol–water partition coefficient (Wildman–Crippen LogP) is 1.62. The Bertz CT molecular complexity index is 533. The Hall–Kier alpha value is -1.75. The van der Waals surface area contributed by atoms with Gasteiger partial charge in [-0.15, -0.1) is 0 Å². The lowest BCUT2D eigenvalue weighted by Gasteiger charge is -2.15. The summed E-state index contributed by atoms with van der Waals surface area (Å²) in [6.07, 6.45) is 4.44. The van der Waals surface area contributed by atoms with Crippen molar-refractivity contribution in [3.8, 4) is 5.75 Å². The van der Waals surface area contributed by atoms with Gasteiger partial charge in [-0.3, -0.25) is 0 Å². The van der Waals surface area contributed by atoms with E-state index in [0.717, 1.165) is 44.5 Å². The van der Waals surface area contributed by atoms with Gasteiger partial charge in [-0.25, -0.2) is 4.79 Å². The number of carbonyl (C=O) groups is 1. The maximum Gasteiger partial charge on any atom is 0.314 e. The lowest BCUT2D eigenvalue weighted by molar-refractivity contribution is 0.132. The van der Waals surface area contributed by atoms with E-state index >= 15 is 0 Å². The van der Waals surface area contributed by atoms with E-state index in [1.54, 1.807) is 0 Å². The summed E-state index contributed by atoms with van der Waals surface area (Å²) < 4.78 is 5.49. The van der Waals surface area contributed by atoms with Crippen molar-refractivity contribution in [2.24, 2.45) is 5.92 Å². The fraction of sp³-hybridized carbons (Fsp3) is 0.588. The third-order valence-electron chi connectivity index (χ3n) is 4.60. The van der Waals surface area contributed by atoms with Crippen LogP contribution in [-0.4, -0.2) is 36.9 Å². The van der Waals surface area contributed by atoms with Crippen molar-refractivity contribution in [1.82, 2.24) is 10.6 Å². The van der Waals surface area contributed by atoms with Crippen molar-refractivity contribution in [1.29, 1.82) is 0 Å². The van der Waals surface area contributed by atoms with Crippen molar-refractivity contribution in [2.75, 3.05) is 19.7 Å². The number of nitrogens with one attached hydrogen (secondary N) is 2. The lowest BCUT2D eigenvalue weighted by Crippen LogP contribution is -2.40. The van der Waals surface area contributed by atoms with Gasteiger partial charge in [0.25, 0.3) is 0 Å². The van der Waals surface area contributed by atoms with Gasteiger partial charge in [0.1, 0.15) is 5.75 Å². The zero-order chi connectivity index (χ0) is 15.4. The van der Waals surface area contributed by atoms with E-state index in [0.29, 0.717) is 13.1 Å². The summed E-state index contributed by atoms with van der Waals surface area (Å²) in [6.45, 7) is 1.94. The van der Waals surface area contributed by atoms with Gasteiger partial charge < -0.3 is 20.5 Å². The van der Waals surface area contributed by atoms with E-state index in [9.17, 15) is 9.90 Å². The van der Waals surface area contributed by atoms with E-state index < -0.39 is 0 Å². The van der Waals surface area contributed by atoms with Gasteiger partial charge in [0.15, 0.2) is 0 Å². The van der Waals surface area contributed by atoms with Crippen molar-refractivity contribution in [3.63, 3.8) is 0 Å². The maximum atomic E-state index is 11.8. The Kier molecular flexibility index (Phi) is 4.83. The number of amides is 2. The molecule has 0 unspecified atom stereocenters. The summed E-state index contributed by atoms with van der Waals surface area (Å²) in [7, 11) is 0. The van der Waals surface area contributed by atoms with E-state index in [2.05, 4.69) is 22.8 Å². The highest BCUT2D eigenvalue weighted by Crippen LogP contribution is 2.26. The molecule has 1 fully saturated rings. The summed E-state index contributed by atoms with van der Waals surface area (Å²) in [6, 6.07) is 6.08. The molecule has 1 heterocycles. The minimum atomic E-state index is -0.256. The normalized spacial score (nSPS) is 23.0. The third kappa shape index (κ3) is 3.71. The molecule has 3 N–H and O–H groups in total. The molecule has 5 heteroatoms. The molecule has 1 aromatic carbocycles. The fourth-order valence-electron chi connectivity index (χ4n) is 3.26. The van der Waals surface area contributed by atoms with Gasteiger partial charge in [0, 0.05) is 25.4 Å². The number of hydrogen-bond donors (Lipinski definition) is 3. The number of rotatable bonds is 5. The van der Waals surface area contributed by atoms with Gasteiger partial charge in [-0.2, -0.15) is 0 Å². The molecule has 0 spiro atoms. The molecule has 22 heavy (non-hydrogen) atoms. The smallest absolute Gasteiger partial charge is 0.314 e. The zero-order valence-electron chi connectivity index (χ0n) is 12.8. The largest absolute Gasteiger partial charge is 0.493 e. The summed E-state index contributed by atoms with van der Waals surface area (Å²) in [4.78, 5) is 11.8. The molecule has 3 rings (SSSR count). The van der Waals surface area contributed by atoms with Crippen LogP contribution in [-0.2, 0) is 12.8 Å². The maximum absolute atomic E-state index is 11.8. The summed E-state index contributed by atoms with van der Waals surface area (Å²) in [5.41, 5.74) is 2.48. The van der Waals surface area contributed by atoms with Crippen LogP contribution in [0, 0.1) is 5.92 Å². The van der Waals surface area contributed by atoms with E-state index in [-0.39, 0.29) is 18.1 Å². The molecule has 2 aliphatic rings. The van der Waals surface area contributed by atoms with Gasteiger partial charge in [-0.05, 0) is 36.5 Å². The first-order valence-corrected chi connectivity index (χ1v) is 8.17. The quantitative estimate of drug-likeness (QED) is 0.774. The van der Waals surface area contributed by atoms with Gasteiger partial charge in [0.05, 0.1) is 12.7 Å². The molecule has 1 aromatic rings. The third-order valence-corrected chi connectivity index (χ3v) is 4.60. The second kappa shape index (κ2) is 7.01. The first-order valence-electron chi connectivity index (χ1n) is 8.17. The second-order valence-corrected chi connectivity index (χ2v) is 6.19. The van der Waals surface area contributed by atoms with E-state index in [4.69, 9.17) is 4.74 Å². The fourth-order valence-corrected chi connectivity index (χ4v) is 3.26. The Morgan fingerprint density at radius 1 is 1.32 bits per heavy atom. The van der Waals surface area contributed by atoms with Crippen LogP contribution >= 0.6 is 0 Å². The predicted molar refractivity (Wildman–Crippen MR) is 84.1 cm³/mol. The average Bonchev–Trinajstić information content (AvgIpc) is 3.13. The Labute approximate surface area is 131 Å². The minimum absolute atomic E-state index is 0.149. The highest BCUT2D eigenvalue weighted by Gasteiger charge is 2.25. The van der Waals surface area contributed by atoms with Crippen LogP contribution in [0.3, 0.4) is 0 Å². The molecule has 0 radical (unpaired) electrons. The van der Waals surface area contributed by atoms with Crippen LogP contribution < -0.4 is 15.4 Å². The molecule has 0 bridgehead atoms. The topological polar surface area (TPSA) is 70.6 Å². The van der Waals surface area contributed by atoms with Gasteiger partial charge >= 0.3 is 6.03 Å². The van der Waals surface area contributed by atoms with Gasteiger partial charge in [-0.1, -0.05) is 18.6 Å². The van der Waals surface area contributed by atoms with Gasteiger partial charge in [0.2, 0.25) is 0 Å². The number of aliphatic hydroxyl groups excluding tert-OH is 1. The molecule has 0 saturated heterocycles. The van der Waals surface area contributed by atoms with Crippen LogP contribution in [0.2, 0.25) is 0 Å². The van der Waals surface area contributed by atoms with Crippen molar-refractivity contribution in [3.05, 3.63) is 29.3 Å². The first-order chi connectivity index (χ1) is 10.7. The highest BCUT2D eigenvalue weighted by molar-refractivity contribution is 5.73. The summed E-state index contributed by atoms with van der Waals surface area (Å²) >= 11 is 0. The Morgan fingerprint density at radius 3 is 3.05 bits per heavy atom. The number of aliphatic hydroxyl groups is 1. The number of benzene rings is 1. The number of hydrogen-bond acceptors (Lipinski definition) is 3. The molecule has 1 saturated carbocycles. The molecular formula is C17H24N2O3. The Balaban J connectivity index is 1.36. The monoisotopic (exact) mass is 304 g/mol. The number of fused-ring (bicyclic) bond motifs is 1. The Morgan fingerprint density at radius 2 is 2.23 bits per heavy atom. The molecule has 1 aliphatic heterocycles. The number of ether oxygens (including phenoxy) is 1. The highest BCUT2D eigenvalue weighted by atomic mass is 16.5. The van der Waals surface area contributed by atoms with Crippen LogP contribution in [0.5, 0.6) is 5.75 Å². The SMILES string of the molecule is O=C(NCCc1ccc2c(c1)CCO2)NC[C@@H]1CCC[C@H]1O. The average molecular weight is 304 g/mol. The van der Waals surface area contributed by atoms with Crippen molar-refractivity contribution in [2.45, 2.75) is 38.2 Å². The van der Waals surface area contributed by atoms with Crippen LogP contribution in [0.4, 0.5) is 4.79 Å². The molecule has 120 valence electrons. The first kappa shape index (κ1) is 15.2. The lowest BCUT2D eigenvalue weighted by atomic mass is 10.1. The van der Waals surface area contributed by atoms with Crippen LogP contribution in [0.25, 0.3) is 0 Å². The molecular weight excluding hydrogens is 280 g/mol. The number of carbonyl (C=O) groups excluding carboxylic acids is 1. The second-order valence-electron chi connectivity index (χ2n) is 6.19. The van der Waals surface area contributed by atoms with Crippen LogP contribution in [0.15, 0.2) is 18.2 Å². The summed E-state index contributed by atoms with van der Waals surface area (Å²) in [5, 5.41) is 15.4. The number of urea groups is 1. The molecule has 5 nitrogen and oxygen atoms in total. The molecule has 1 aliphatic carbocycles. The molecule has 0 aromatic heterocycles. The van der Waals surface area contributed by atoms with E-state index in [1.807, 2.05) is 6.07 Å². The van der Waals surface area contributed by atoms with Crippen molar-refractivity contribution < 1.29 is 14.6 Å².